The van der Waals surface area contributed by atoms with Crippen LogP contribution in [0, 0.1) is 0 Å². The molecule has 0 fully saturated rings. The molecule has 0 bridgehead atoms. The SMILES string of the molecule is CNC(=O)CN(C)S(=O)(=O)c1ccc(O)c(C(=O)OC)c1. The van der Waals surface area contributed by atoms with Gasteiger partial charge in [-0.2, -0.15) is 4.31 Å². The molecule has 0 atom stereocenters. The Morgan fingerprint density at radius 1 is 1.38 bits per heavy atom. The first-order valence-corrected chi connectivity index (χ1v) is 7.26. The third-order valence-electron chi connectivity index (χ3n) is 2.73. The number of phenols is 1. The molecule has 1 aromatic rings. The van der Waals surface area contributed by atoms with Crippen LogP contribution in [0.5, 0.6) is 5.75 Å². The van der Waals surface area contributed by atoms with Gasteiger partial charge in [0.15, 0.2) is 0 Å². The molecule has 21 heavy (non-hydrogen) atoms. The second-order valence-electron chi connectivity index (χ2n) is 4.10. The van der Waals surface area contributed by atoms with E-state index in [9.17, 15) is 23.1 Å². The lowest BCUT2D eigenvalue weighted by atomic mass is 10.2. The molecule has 0 aliphatic heterocycles. The van der Waals surface area contributed by atoms with Gasteiger partial charge in [0.05, 0.1) is 18.6 Å². The standard InChI is InChI=1S/C12H16N2O6S/c1-13-11(16)7-14(2)21(18,19)8-4-5-10(15)9(6-8)12(17)20-3/h4-6,15H,7H2,1-3H3,(H,13,16). The molecule has 0 radical (unpaired) electrons. The van der Waals surface area contributed by atoms with E-state index >= 15 is 0 Å². The molecule has 0 aromatic heterocycles. The van der Waals surface area contributed by atoms with Crippen molar-refractivity contribution in [1.29, 1.82) is 0 Å². The highest BCUT2D eigenvalue weighted by atomic mass is 32.2. The van der Waals surface area contributed by atoms with Crippen LogP contribution in [0.4, 0.5) is 0 Å². The Morgan fingerprint density at radius 2 is 2.00 bits per heavy atom. The smallest absolute Gasteiger partial charge is 0.341 e. The quantitative estimate of drug-likeness (QED) is 0.711. The minimum Gasteiger partial charge on any atom is -0.507 e. The number of sulfonamides is 1. The van der Waals surface area contributed by atoms with Crippen LogP contribution in [-0.2, 0) is 19.6 Å². The summed E-state index contributed by atoms with van der Waals surface area (Å²) in [7, 11) is -0.241. The van der Waals surface area contributed by atoms with Crippen LogP contribution in [-0.4, -0.2) is 57.5 Å². The Hall–Kier alpha value is -2.13. The van der Waals surface area contributed by atoms with E-state index in [1.54, 1.807) is 0 Å². The van der Waals surface area contributed by atoms with E-state index in [-0.39, 0.29) is 17.0 Å². The summed E-state index contributed by atoms with van der Waals surface area (Å²) < 4.78 is 29.8. The maximum absolute atomic E-state index is 12.3. The van der Waals surface area contributed by atoms with Crippen molar-refractivity contribution in [1.82, 2.24) is 9.62 Å². The Balaban J connectivity index is 3.20. The van der Waals surface area contributed by atoms with Crippen LogP contribution in [0.1, 0.15) is 10.4 Å². The predicted octanol–water partition coefficient (Wildman–Crippen LogP) is -0.455. The van der Waals surface area contributed by atoms with Gasteiger partial charge < -0.3 is 15.2 Å². The first-order valence-electron chi connectivity index (χ1n) is 5.82. The molecule has 0 aliphatic carbocycles. The number of ether oxygens (including phenoxy) is 1. The van der Waals surface area contributed by atoms with Crippen molar-refractivity contribution < 1.29 is 27.9 Å². The fraction of sp³-hybridized carbons (Fsp3) is 0.333. The maximum atomic E-state index is 12.3. The molecule has 0 heterocycles. The Morgan fingerprint density at radius 3 is 2.52 bits per heavy atom. The number of hydrogen-bond donors (Lipinski definition) is 2. The van der Waals surface area contributed by atoms with Crippen LogP contribution in [0.15, 0.2) is 23.1 Å². The number of amides is 1. The molecule has 0 aliphatic rings. The summed E-state index contributed by atoms with van der Waals surface area (Å²) in [5.41, 5.74) is -0.271. The summed E-state index contributed by atoms with van der Waals surface area (Å²) in [5.74, 6) is -1.73. The van der Waals surface area contributed by atoms with E-state index < -0.39 is 27.6 Å². The van der Waals surface area contributed by atoms with Crippen LogP contribution in [0.25, 0.3) is 0 Å². The molecule has 2 N–H and O–H groups in total. The summed E-state index contributed by atoms with van der Waals surface area (Å²) in [6, 6.07) is 3.21. The lowest BCUT2D eigenvalue weighted by molar-refractivity contribution is -0.120. The normalized spacial score (nSPS) is 11.2. The monoisotopic (exact) mass is 316 g/mol. The van der Waals surface area contributed by atoms with Gasteiger partial charge in [0, 0.05) is 14.1 Å². The predicted molar refractivity (Wildman–Crippen MR) is 73.3 cm³/mol. The number of nitrogens with zero attached hydrogens (tertiary/aromatic N) is 1. The molecular weight excluding hydrogens is 300 g/mol. The zero-order valence-electron chi connectivity index (χ0n) is 11.8. The second-order valence-corrected chi connectivity index (χ2v) is 6.15. The molecule has 0 unspecified atom stereocenters. The highest BCUT2D eigenvalue weighted by Crippen LogP contribution is 2.23. The van der Waals surface area contributed by atoms with Crippen LogP contribution >= 0.6 is 0 Å². The third kappa shape index (κ3) is 3.70. The average Bonchev–Trinajstić information content (AvgIpc) is 2.46. The lowest BCUT2D eigenvalue weighted by Gasteiger charge is -2.16. The van der Waals surface area contributed by atoms with Gasteiger partial charge in [0.2, 0.25) is 15.9 Å². The van der Waals surface area contributed by atoms with Crippen molar-refractivity contribution in [3.05, 3.63) is 23.8 Å². The van der Waals surface area contributed by atoms with Gasteiger partial charge in [-0.1, -0.05) is 0 Å². The highest BCUT2D eigenvalue weighted by molar-refractivity contribution is 7.89. The number of benzene rings is 1. The summed E-state index contributed by atoms with van der Waals surface area (Å²) in [4.78, 5) is 22.5. The number of esters is 1. The van der Waals surface area contributed by atoms with Crippen molar-refractivity contribution in [2.24, 2.45) is 0 Å². The molecular formula is C12H16N2O6S. The Kier molecular flexibility index (Phi) is 5.28. The fourth-order valence-corrected chi connectivity index (χ4v) is 2.65. The lowest BCUT2D eigenvalue weighted by Crippen LogP contribution is -2.36. The first kappa shape index (κ1) is 16.9. The molecule has 8 nitrogen and oxygen atoms in total. The van der Waals surface area contributed by atoms with E-state index in [0.29, 0.717) is 0 Å². The molecule has 1 aromatic carbocycles. The van der Waals surface area contributed by atoms with E-state index in [0.717, 1.165) is 29.6 Å². The Labute approximate surface area is 122 Å². The van der Waals surface area contributed by atoms with Gasteiger partial charge in [-0.05, 0) is 18.2 Å². The van der Waals surface area contributed by atoms with Crippen molar-refractivity contribution in [3.63, 3.8) is 0 Å². The minimum absolute atomic E-state index is 0.230. The van der Waals surface area contributed by atoms with Gasteiger partial charge in [-0.25, -0.2) is 13.2 Å². The molecule has 0 saturated heterocycles. The summed E-state index contributed by atoms with van der Waals surface area (Å²) in [6.45, 7) is -0.368. The minimum atomic E-state index is -3.97. The zero-order chi connectivity index (χ0) is 16.2. The van der Waals surface area contributed by atoms with E-state index in [4.69, 9.17) is 0 Å². The molecule has 9 heteroatoms. The number of nitrogens with one attached hydrogen (secondary N) is 1. The number of likely N-dealkylation sites (N-methyl/N-ethyl adjacent to an activating group) is 2. The van der Waals surface area contributed by atoms with E-state index in [1.807, 2.05) is 0 Å². The van der Waals surface area contributed by atoms with Crippen molar-refractivity contribution >= 4 is 21.9 Å². The maximum Gasteiger partial charge on any atom is 0.341 e. The second kappa shape index (κ2) is 6.55. The number of carbonyl (C=O) groups is 2. The van der Waals surface area contributed by atoms with Gasteiger partial charge in [0.1, 0.15) is 11.3 Å². The van der Waals surface area contributed by atoms with E-state index in [2.05, 4.69) is 10.1 Å². The number of rotatable bonds is 5. The van der Waals surface area contributed by atoms with Gasteiger partial charge in [-0.15, -0.1) is 0 Å². The fourth-order valence-electron chi connectivity index (χ4n) is 1.50. The summed E-state index contributed by atoms with van der Waals surface area (Å²) in [6.07, 6.45) is 0. The van der Waals surface area contributed by atoms with Crippen molar-refractivity contribution in [2.45, 2.75) is 4.90 Å². The summed E-state index contributed by atoms with van der Waals surface area (Å²) >= 11 is 0. The molecule has 0 saturated carbocycles. The molecule has 0 spiro atoms. The van der Waals surface area contributed by atoms with Crippen LogP contribution in [0.3, 0.4) is 0 Å². The number of hydrogen-bond acceptors (Lipinski definition) is 6. The largest absolute Gasteiger partial charge is 0.507 e. The van der Waals surface area contributed by atoms with Gasteiger partial charge >= 0.3 is 5.97 Å². The number of carbonyl (C=O) groups excluding carboxylic acids is 2. The third-order valence-corrected chi connectivity index (χ3v) is 4.53. The number of aromatic hydroxyl groups is 1. The van der Waals surface area contributed by atoms with Gasteiger partial charge in [-0.3, -0.25) is 4.79 Å². The number of methoxy groups -OCH3 is 1. The summed E-state index contributed by atoms with van der Waals surface area (Å²) in [5, 5.41) is 11.9. The molecule has 116 valence electrons. The molecule has 1 rings (SSSR count). The van der Waals surface area contributed by atoms with Crippen molar-refractivity contribution in [2.75, 3.05) is 27.7 Å². The van der Waals surface area contributed by atoms with Crippen LogP contribution < -0.4 is 5.32 Å². The Bertz CT molecular complexity index is 656. The molecule has 1 amide bonds. The first-order chi connectivity index (χ1) is 9.73. The number of phenolic OH excluding ortho intramolecular Hbond substituents is 1. The topological polar surface area (TPSA) is 113 Å². The zero-order valence-corrected chi connectivity index (χ0v) is 12.6. The van der Waals surface area contributed by atoms with Crippen LogP contribution in [0.2, 0.25) is 0 Å². The average molecular weight is 316 g/mol. The highest BCUT2D eigenvalue weighted by Gasteiger charge is 2.25. The van der Waals surface area contributed by atoms with E-state index in [1.165, 1.54) is 14.1 Å². The van der Waals surface area contributed by atoms with Crippen molar-refractivity contribution in [3.8, 4) is 5.75 Å². The van der Waals surface area contributed by atoms with Gasteiger partial charge in [0.25, 0.3) is 0 Å².